The van der Waals surface area contributed by atoms with Crippen LogP contribution in [0.4, 0.5) is 10.5 Å². The van der Waals surface area contributed by atoms with Crippen molar-refractivity contribution in [2.45, 2.75) is 13.0 Å². The number of furan rings is 1. The van der Waals surface area contributed by atoms with Gasteiger partial charge >= 0.3 is 6.03 Å². The summed E-state index contributed by atoms with van der Waals surface area (Å²) in [6, 6.07) is 11.7. The van der Waals surface area contributed by atoms with Crippen LogP contribution in [-0.4, -0.2) is 44.7 Å². The van der Waals surface area contributed by atoms with E-state index >= 15 is 0 Å². The van der Waals surface area contributed by atoms with Crippen LogP contribution >= 0.6 is 0 Å². The predicted octanol–water partition coefficient (Wildman–Crippen LogP) is 2.96. The number of benzene rings is 1. The van der Waals surface area contributed by atoms with Gasteiger partial charge in [-0.25, -0.2) is 4.79 Å². The van der Waals surface area contributed by atoms with E-state index in [1.165, 1.54) is 0 Å². The van der Waals surface area contributed by atoms with Crippen LogP contribution in [0.5, 0.6) is 5.75 Å². The monoisotopic (exact) mass is 343 g/mol. The van der Waals surface area contributed by atoms with E-state index in [9.17, 15) is 4.79 Å². The Morgan fingerprint density at radius 1 is 1.36 bits per heavy atom. The molecule has 2 aromatic rings. The highest BCUT2D eigenvalue weighted by atomic mass is 16.5. The quantitative estimate of drug-likeness (QED) is 0.876. The SMILES string of the molecule is COc1ccccc1N1CC[C@@H](CNC(=O)N(C)Cc2ccco2)C1. The molecule has 0 radical (unpaired) electrons. The van der Waals surface area contributed by atoms with Gasteiger partial charge in [0.2, 0.25) is 0 Å². The van der Waals surface area contributed by atoms with Crippen LogP contribution in [0.2, 0.25) is 0 Å². The first kappa shape index (κ1) is 17.2. The summed E-state index contributed by atoms with van der Waals surface area (Å²) in [6.45, 7) is 3.04. The number of rotatable bonds is 6. The molecule has 1 aliphatic heterocycles. The van der Waals surface area contributed by atoms with Crippen molar-refractivity contribution in [2.24, 2.45) is 5.92 Å². The lowest BCUT2D eigenvalue weighted by Crippen LogP contribution is -2.39. The average molecular weight is 343 g/mol. The van der Waals surface area contributed by atoms with Crippen molar-refractivity contribution in [3.8, 4) is 5.75 Å². The van der Waals surface area contributed by atoms with Crippen molar-refractivity contribution < 1.29 is 13.9 Å². The largest absolute Gasteiger partial charge is 0.495 e. The summed E-state index contributed by atoms with van der Waals surface area (Å²) in [6.07, 6.45) is 2.67. The van der Waals surface area contributed by atoms with Gasteiger partial charge in [0.1, 0.15) is 11.5 Å². The number of nitrogens with one attached hydrogen (secondary N) is 1. The molecule has 1 N–H and O–H groups in total. The summed E-state index contributed by atoms with van der Waals surface area (Å²) in [5.41, 5.74) is 1.12. The van der Waals surface area contributed by atoms with Gasteiger partial charge in [-0.2, -0.15) is 0 Å². The zero-order valence-electron chi connectivity index (χ0n) is 14.8. The molecule has 1 aromatic carbocycles. The topological polar surface area (TPSA) is 58.0 Å². The second-order valence-corrected chi connectivity index (χ2v) is 6.39. The van der Waals surface area contributed by atoms with Crippen LogP contribution in [0.15, 0.2) is 47.1 Å². The summed E-state index contributed by atoms with van der Waals surface area (Å²) in [5, 5.41) is 3.02. The summed E-state index contributed by atoms with van der Waals surface area (Å²) in [4.78, 5) is 16.2. The van der Waals surface area contributed by atoms with E-state index in [-0.39, 0.29) is 6.03 Å². The first-order chi connectivity index (χ1) is 12.2. The molecule has 1 saturated heterocycles. The van der Waals surface area contributed by atoms with E-state index in [1.807, 2.05) is 30.3 Å². The Kier molecular flexibility index (Phi) is 5.48. The lowest BCUT2D eigenvalue weighted by Gasteiger charge is -2.22. The Balaban J connectivity index is 1.47. The van der Waals surface area contributed by atoms with Crippen molar-refractivity contribution in [1.29, 1.82) is 0 Å². The molecule has 0 aliphatic carbocycles. The molecule has 0 bridgehead atoms. The maximum Gasteiger partial charge on any atom is 0.317 e. The minimum atomic E-state index is -0.0767. The van der Waals surface area contributed by atoms with Crippen LogP contribution in [0.25, 0.3) is 0 Å². The third-order valence-electron chi connectivity index (χ3n) is 4.57. The fourth-order valence-electron chi connectivity index (χ4n) is 3.18. The summed E-state index contributed by atoms with van der Waals surface area (Å²) >= 11 is 0. The number of carbonyl (C=O) groups excluding carboxylic acids is 1. The van der Waals surface area contributed by atoms with Crippen LogP contribution in [0, 0.1) is 5.92 Å². The fraction of sp³-hybridized carbons (Fsp3) is 0.421. The van der Waals surface area contributed by atoms with E-state index in [1.54, 1.807) is 25.3 Å². The molecule has 25 heavy (non-hydrogen) atoms. The molecular weight excluding hydrogens is 318 g/mol. The molecule has 0 unspecified atom stereocenters. The summed E-state index contributed by atoms with van der Waals surface area (Å²) < 4.78 is 10.7. The first-order valence-corrected chi connectivity index (χ1v) is 8.56. The van der Waals surface area contributed by atoms with Gasteiger partial charge in [0.05, 0.1) is 25.6 Å². The zero-order chi connectivity index (χ0) is 17.6. The molecule has 1 fully saturated rings. The number of anilines is 1. The number of para-hydroxylation sites is 2. The molecule has 6 nitrogen and oxygen atoms in total. The molecule has 1 aromatic heterocycles. The Hall–Kier alpha value is -2.63. The second kappa shape index (κ2) is 7.96. The normalized spacial score (nSPS) is 16.7. The van der Waals surface area contributed by atoms with Gasteiger partial charge < -0.3 is 24.3 Å². The van der Waals surface area contributed by atoms with E-state index < -0.39 is 0 Å². The number of amides is 2. The van der Waals surface area contributed by atoms with Crippen LogP contribution < -0.4 is 15.0 Å². The molecule has 3 rings (SSSR count). The van der Waals surface area contributed by atoms with Gasteiger partial charge in [0, 0.05) is 26.7 Å². The van der Waals surface area contributed by atoms with Crippen LogP contribution in [0.3, 0.4) is 0 Å². The predicted molar refractivity (Wildman–Crippen MR) is 96.9 cm³/mol. The van der Waals surface area contributed by atoms with Gasteiger partial charge in [0.25, 0.3) is 0 Å². The van der Waals surface area contributed by atoms with Crippen molar-refractivity contribution in [3.63, 3.8) is 0 Å². The lowest BCUT2D eigenvalue weighted by molar-refractivity contribution is 0.201. The third-order valence-corrected chi connectivity index (χ3v) is 4.57. The Labute approximate surface area is 148 Å². The number of hydrogen-bond donors (Lipinski definition) is 1. The van der Waals surface area contributed by atoms with Crippen molar-refractivity contribution >= 4 is 11.7 Å². The Morgan fingerprint density at radius 3 is 2.96 bits per heavy atom. The van der Waals surface area contributed by atoms with Crippen molar-refractivity contribution in [1.82, 2.24) is 10.2 Å². The maximum atomic E-state index is 12.2. The molecule has 2 heterocycles. The molecule has 2 amide bonds. The lowest BCUT2D eigenvalue weighted by atomic mass is 10.1. The number of carbonyl (C=O) groups is 1. The number of ether oxygens (including phenoxy) is 1. The number of nitrogens with zero attached hydrogens (tertiary/aromatic N) is 2. The molecule has 1 aliphatic rings. The smallest absolute Gasteiger partial charge is 0.317 e. The second-order valence-electron chi connectivity index (χ2n) is 6.39. The minimum Gasteiger partial charge on any atom is -0.495 e. The highest BCUT2D eigenvalue weighted by Gasteiger charge is 2.25. The highest BCUT2D eigenvalue weighted by Crippen LogP contribution is 2.31. The average Bonchev–Trinajstić information content (AvgIpc) is 3.31. The van der Waals surface area contributed by atoms with Crippen molar-refractivity contribution in [3.05, 3.63) is 48.4 Å². The minimum absolute atomic E-state index is 0.0767. The number of methoxy groups -OCH3 is 1. The molecule has 0 saturated carbocycles. The Bertz CT molecular complexity index is 687. The van der Waals surface area contributed by atoms with E-state index in [4.69, 9.17) is 9.15 Å². The van der Waals surface area contributed by atoms with Crippen LogP contribution in [-0.2, 0) is 6.54 Å². The summed E-state index contributed by atoms with van der Waals surface area (Å²) in [5.74, 6) is 2.11. The van der Waals surface area contributed by atoms with E-state index in [0.717, 1.165) is 36.7 Å². The van der Waals surface area contributed by atoms with E-state index in [0.29, 0.717) is 19.0 Å². The first-order valence-electron chi connectivity index (χ1n) is 8.56. The number of hydrogen-bond acceptors (Lipinski definition) is 4. The van der Waals surface area contributed by atoms with Crippen molar-refractivity contribution in [2.75, 3.05) is 38.7 Å². The van der Waals surface area contributed by atoms with Gasteiger partial charge in [-0.15, -0.1) is 0 Å². The molecule has 1 atom stereocenters. The fourth-order valence-corrected chi connectivity index (χ4v) is 3.18. The molecule has 134 valence electrons. The van der Waals surface area contributed by atoms with Gasteiger partial charge in [-0.3, -0.25) is 0 Å². The molecule has 0 spiro atoms. The van der Waals surface area contributed by atoms with Crippen LogP contribution in [0.1, 0.15) is 12.2 Å². The van der Waals surface area contributed by atoms with E-state index in [2.05, 4.69) is 16.3 Å². The zero-order valence-corrected chi connectivity index (χ0v) is 14.8. The maximum absolute atomic E-state index is 12.2. The third kappa shape index (κ3) is 4.26. The number of urea groups is 1. The summed E-state index contributed by atoms with van der Waals surface area (Å²) in [7, 11) is 3.47. The molecular formula is C19H25N3O3. The van der Waals surface area contributed by atoms with Gasteiger partial charge in [-0.1, -0.05) is 12.1 Å². The Morgan fingerprint density at radius 2 is 2.20 bits per heavy atom. The highest BCUT2D eigenvalue weighted by molar-refractivity contribution is 5.73. The molecule has 6 heteroatoms. The van der Waals surface area contributed by atoms with Gasteiger partial charge in [0.15, 0.2) is 0 Å². The van der Waals surface area contributed by atoms with Gasteiger partial charge in [-0.05, 0) is 36.6 Å². The standard InChI is InChI=1S/C19H25N3O3/c1-21(14-16-6-5-11-25-16)19(23)20-12-15-9-10-22(13-15)17-7-3-4-8-18(17)24-2/h3-8,11,15H,9-10,12-14H2,1-2H3,(H,20,23)/t15-/m0/s1.